The van der Waals surface area contributed by atoms with Crippen molar-refractivity contribution >= 4 is 54.6 Å². The first-order valence-corrected chi connectivity index (χ1v) is 13.2. The van der Waals surface area contributed by atoms with Gasteiger partial charge >= 0.3 is 0 Å². The van der Waals surface area contributed by atoms with E-state index >= 15 is 0 Å². The van der Waals surface area contributed by atoms with Crippen LogP contribution in [0.1, 0.15) is 25.6 Å². The lowest BCUT2D eigenvalue weighted by atomic mass is 10.1. The zero-order chi connectivity index (χ0) is 23.9. The molecule has 7 nitrogen and oxygen atoms in total. The number of halogens is 1. The minimum absolute atomic E-state index is 0.0519. The van der Waals surface area contributed by atoms with E-state index in [1.165, 1.54) is 41.7 Å². The fourth-order valence-corrected chi connectivity index (χ4v) is 6.30. The SMILES string of the molecule is O=C(NCc1cnc(-c2ccc(Br)cc2)s1)c1ccc2c(c1)NC(=O)c1ccccc1S2(=O)=O. The van der Waals surface area contributed by atoms with Crippen molar-refractivity contribution < 1.29 is 18.0 Å². The molecule has 3 aromatic carbocycles. The lowest BCUT2D eigenvalue weighted by molar-refractivity contribution is 0.0949. The van der Waals surface area contributed by atoms with Gasteiger partial charge in [0.2, 0.25) is 9.84 Å². The number of fused-ring (bicyclic) bond motifs is 2. The predicted octanol–water partition coefficient (Wildman–Crippen LogP) is 4.90. The molecule has 2 heterocycles. The molecular formula is C24H16BrN3O4S2. The van der Waals surface area contributed by atoms with Gasteiger partial charge in [0, 0.05) is 26.7 Å². The van der Waals surface area contributed by atoms with Crippen LogP contribution in [-0.2, 0) is 16.4 Å². The Labute approximate surface area is 207 Å². The first kappa shape index (κ1) is 22.5. The monoisotopic (exact) mass is 553 g/mol. The number of thiazole rings is 1. The molecule has 0 fully saturated rings. The van der Waals surface area contributed by atoms with Crippen LogP contribution in [0, 0.1) is 0 Å². The van der Waals surface area contributed by atoms with E-state index < -0.39 is 21.7 Å². The van der Waals surface area contributed by atoms with Crippen LogP contribution in [0.5, 0.6) is 0 Å². The number of aromatic nitrogens is 1. The number of benzene rings is 3. The number of sulfone groups is 1. The molecule has 0 atom stereocenters. The third-order valence-corrected chi connectivity index (χ3v) is 8.71. The van der Waals surface area contributed by atoms with Crippen molar-refractivity contribution in [2.45, 2.75) is 16.3 Å². The van der Waals surface area contributed by atoms with Gasteiger partial charge in [-0.2, -0.15) is 0 Å². The Morgan fingerprint density at radius 1 is 1.03 bits per heavy atom. The molecule has 0 unspecified atom stereocenters. The van der Waals surface area contributed by atoms with E-state index in [0.717, 1.165) is 19.9 Å². The summed E-state index contributed by atoms with van der Waals surface area (Å²) in [5.41, 5.74) is 1.35. The van der Waals surface area contributed by atoms with Crippen molar-refractivity contribution in [2.75, 3.05) is 5.32 Å². The van der Waals surface area contributed by atoms with Gasteiger partial charge in [0.15, 0.2) is 0 Å². The summed E-state index contributed by atoms with van der Waals surface area (Å²) in [7, 11) is -3.92. The van der Waals surface area contributed by atoms with Crippen molar-refractivity contribution in [3.63, 3.8) is 0 Å². The summed E-state index contributed by atoms with van der Waals surface area (Å²) in [5, 5.41) is 6.28. The van der Waals surface area contributed by atoms with E-state index in [0.29, 0.717) is 0 Å². The Kier molecular flexibility index (Phi) is 5.80. The molecule has 170 valence electrons. The van der Waals surface area contributed by atoms with Gasteiger partial charge in [-0.25, -0.2) is 13.4 Å². The van der Waals surface area contributed by atoms with Crippen LogP contribution in [0.25, 0.3) is 10.6 Å². The van der Waals surface area contributed by atoms with Crippen molar-refractivity contribution in [1.82, 2.24) is 10.3 Å². The van der Waals surface area contributed by atoms with Crippen molar-refractivity contribution in [3.8, 4) is 10.6 Å². The molecule has 2 N–H and O–H groups in total. The number of rotatable bonds is 4. The molecule has 5 rings (SSSR count). The number of amides is 2. The number of anilines is 1. The maximum absolute atomic E-state index is 13.1. The molecule has 0 spiro atoms. The standard InChI is InChI=1S/C24H16BrN3O4S2/c25-16-8-5-14(6-9-16)24-27-13-17(33-24)12-26-22(29)15-7-10-21-19(11-15)28-23(30)18-3-1-2-4-20(18)34(21,31)32/h1-11,13H,12H2,(H,26,29)(H,28,30). The Morgan fingerprint density at radius 3 is 2.59 bits per heavy atom. The summed E-state index contributed by atoms with van der Waals surface area (Å²) in [5.74, 6) is -0.935. The van der Waals surface area contributed by atoms with E-state index in [1.807, 2.05) is 24.3 Å². The molecule has 34 heavy (non-hydrogen) atoms. The highest BCUT2D eigenvalue weighted by molar-refractivity contribution is 9.10. The van der Waals surface area contributed by atoms with Crippen LogP contribution in [0.3, 0.4) is 0 Å². The smallest absolute Gasteiger partial charge is 0.257 e. The van der Waals surface area contributed by atoms with Gasteiger partial charge in [0.05, 0.1) is 27.6 Å². The van der Waals surface area contributed by atoms with Crippen molar-refractivity contribution in [1.29, 1.82) is 0 Å². The number of carbonyl (C=O) groups is 2. The minimum Gasteiger partial charge on any atom is -0.347 e. The van der Waals surface area contributed by atoms with Gasteiger partial charge in [0.25, 0.3) is 11.8 Å². The van der Waals surface area contributed by atoms with Crippen LogP contribution in [0.2, 0.25) is 0 Å². The second-order valence-electron chi connectivity index (χ2n) is 7.49. The predicted molar refractivity (Wildman–Crippen MR) is 133 cm³/mol. The highest BCUT2D eigenvalue weighted by atomic mass is 79.9. The summed E-state index contributed by atoms with van der Waals surface area (Å²) < 4.78 is 27.2. The topological polar surface area (TPSA) is 105 Å². The van der Waals surface area contributed by atoms with Gasteiger partial charge < -0.3 is 10.6 Å². The fourth-order valence-electron chi connectivity index (χ4n) is 3.58. The third kappa shape index (κ3) is 4.15. The van der Waals surface area contributed by atoms with Crippen LogP contribution in [0.4, 0.5) is 5.69 Å². The molecule has 4 aromatic rings. The van der Waals surface area contributed by atoms with E-state index in [1.54, 1.807) is 18.3 Å². The molecule has 0 saturated heterocycles. The lowest BCUT2D eigenvalue weighted by Gasteiger charge is -2.10. The summed E-state index contributed by atoms with van der Waals surface area (Å²) in [6, 6.07) is 18.0. The molecule has 0 saturated carbocycles. The summed E-state index contributed by atoms with van der Waals surface area (Å²) in [6.45, 7) is 0.264. The molecule has 1 aliphatic heterocycles. The van der Waals surface area contributed by atoms with E-state index in [4.69, 9.17) is 0 Å². The average Bonchev–Trinajstić information content (AvgIpc) is 3.29. The maximum Gasteiger partial charge on any atom is 0.257 e. The summed E-state index contributed by atoms with van der Waals surface area (Å²) in [6.07, 6.45) is 1.71. The molecule has 2 amide bonds. The van der Waals surface area contributed by atoms with E-state index in [-0.39, 0.29) is 33.2 Å². The zero-order valence-electron chi connectivity index (χ0n) is 17.4. The highest BCUT2D eigenvalue weighted by Gasteiger charge is 2.31. The van der Waals surface area contributed by atoms with Crippen LogP contribution < -0.4 is 10.6 Å². The number of hydrogen-bond donors (Lipinski definition) is 2. The summed E-state index contributed by atoms with van der Waals surface area (Å²) >= 11 is 4.88. The van der Waals surface area contributed by atoms with E-state index in [2.05, 4.69) is 31.5 Å². The van der Waals surface area contributed by atoms with Crippen LogP contribution >= 0.6 is 27.3 Å². The van der Waals surface area contributed by atoms with Gasteiger partial charge in [-0.05, 0) is 42.5 Å². The largest absolute Gasteiger partial charge is 0.347 e. The Balaban J connectivity index is 1.35. The number of carbonyl (C=O) groups excluding carboxylic acids is 2. The van der Waals surface area contributed by atoms with E-state index in [9.17, 15) is 18.0 Å². The molecule has 0 radical (unpaired) electrons. The second kappa shape index (κ2) is 8.79. The van der Waals surface area contributed by atoms with Gasteiger partial charge in [-0.3, -0.25) is 9.59 Å². The second-order valence-corrected chi connectivity index (χ2v) is 11.4. The molecular weight excluding hydrogens is 538 g/mol. The fraction of sp³-hybridized carbons (Fsp3) is 0.0417. The van der Waals surface area contributed by atoms with Crippen LogP contribution in [0.15, 0.2) is 87.2 Å². The first-order valence-electron chi connectivity index (χ1n) is 10.1. The first-order chi connectivity index (χ1) is 16.3. The molecule has 1 aromatic heterocycles. The van der Waals surface area contributed by atoms with Crippen LogP contribution in [-0.4, -0.2) is 25.2 Å². The normalized spacial score (nSPS) is 13.9. The highest BCUT2D eigenvalue weighted by Crippen LogP contribution is 2.34. The maximum atomic E-state index is 13.1. The summed E-state index contributed by atoms with van der Waals surface area (Å²) in [4.78, 5) is 30.5. The van der Waals surface area contributed by atoms with Gasteiger partial charge in [-0.1, -0.05) is 40.2 Å². The molecule has 1 aliphatic rings. The molecule has 10 heteroatoms. The Hall–Kier alpha value is -3.34. The van der Waals surface area contributed by atoms with Crippen molar-refractivity contribution in [3.05, 3.63) is 93.4 Å². The van der Waals surface area contributed by atoms with Crippen molar-refractivity contribution in [2.24, 2.45) is 0 Å². The average molecular weight is 554 g/mol. The molecule has 0 aliphatic carbocycles. The zero-order valence-corrected chi connectivity index (χ0v) is 20.6. The molecule has 0 bridgehead atoms. The van der Waals surface area contributed by atoms with Gasteiger partial charge in [-0.15, -0.1) is 11.3 Å². The number of nitrogens with zero attached hydrogens (tertiary/aromatic N) is 1. The number of nitrogens with one attached hydrogen (secondary N) is 2. The Morgan fingerprint density at radius 2 is 1.79 bits per heavy atom. The number of hydrogen-bond acceptors (Lipinski definition) is 6. The third-order valence-electron chi connectivity index (χ3n) is 5.27. The minimum atomic E-state index is -3.92. The van der Waals surface area contributed by atoms with Gasteiger partial charge in [0.1, 0.15) is 5.01 Å². The lowest BCUT2D eigenvalue weighted by Crippen LogP contribution is -2.22. The quantitative estimate of drug-likeness (QED) is 0.374. The Bertz CT molecular complexity index is 1550.